The van der Waals surface area contributed by atoms with E-state index in [4.69, 9.17) is 9.84 Å². The highest BCUT2D eigenvalue weighted by Gasteiger charge is 2.19. The van der Waals surface area contributed by atoms with E-state index < -0.39 is 0 Å². The summed E-state index contributed by atoms with van der Waals surface area (Å²) in [4.78, 5) is 4.13. The van der Waals surface area contributed by atoms with Crippen molar-refractivity contribution in [1.29, 1.82) is 0 Å². The average Bonchev–Trinajstić information content (AvgIpc) is 2.28. The number of aromatic nitrogens is 1. The van der Waals surface area contributed by atoms with Crippen LogP contribution in [0.3, 0.4) is 0 Å². The molecule has 0 aliphatic heterocycles. The SMILES string of the molecule is Brc1ccc(OC2CCC2)nc1.OCCOS. The molecule has 17 heavy (non-hydrogen) atoms. The first kappa shape index (κ1) is 14.8. The summed E-state index contributed by atoms with van der Waals surface area (Å²) < 4.78 is 10.7. The minimum atomic E-state index is 0.0451. The molecule has 1 aromatic heterocycles. The number of aliphatic hydroxyl groups excluding tert-OH is 1. The number of aliphatic hydroxyl groups is 1. The molecular formula is C11H16BrNO3S. The van der Waals surface area contributed by atoms with Gasteiger partial charge in [-0.1, -0.05) is 0 Å². The lowest BCUT2D eigenvalue weighted by Gasteiger charge is -2.25. The Bertz CT molecular complexity index is 304. The Morgan fingerprint density at radius 1 is 1.47 bits per heavy atom. The molecule has 1 fully saturated rings. The quantitative estimate of drug-likeness (QED) is 0.661. The molecule has 1 aromatic rings. The van der Waals surface area contributed by atoms with Crippen molar-refractivity contribution in [3.05, 3.63) is 22.8 Å². The standard InChI is InChI=1S/C9H10BrNO.C2H6O2S/c10-7-4-5-9(11-6-7)12-8-2-1-3-8;3-1-2-4-5/h4-6,8H,1-3H2;3,5H,1-2H2. The van der Waals surface area contributed by atoms with Gasteiger partial charge >= 0.3 is 0 Å². The van der Waals surface area contributed by atoms with Crippen LogP contribution < -0.4 is 4.74 Å². The molecule has 0 radical (unpaired) electrons. The summed E-state index contributed by atoms with van der Waals surface area (Å²) in [6, 6.07) is 3.84. The van der Waals surface area contributed by atoms with E-state index in [1.54, 1.807) is 6.20 Å². The Hall–Kier alpha value is -0.300. The maximum absolute atomic E-state index is 7.89. The summed E-state index contributed by atoms with van der Waals surface area (Å²) >= 11 is 6.67. The van der Waals surface area contributed by atoms with E-state index in [-0.39, 0.29) is 6.61 Å². The van der Waals surface area contributed by atoms with Gasteiger partial charge in [0.2, 0.25) is 5.88 Å². The average molecular weight is 322 g/mol. The number of thiol groups is 1. The lowest BCUT2D eigenvalue weighted by atomic mass is 9.96. The van der Waals surface area contributed by atoms with Crippen molar-refractivity contribution in [3.63, 3.8) is 0 Å². The van der Waals surface area contributed by atoms with Crippen molar-refractivity contribution in [2.24, 2.45) is 0 Å². The molecule has 0 saturated heterocycles. The lowest BCUT2D eigenvalue weighted by molar-refractivity contribution is 0.114. The Morgan fingerprint density at radius 2 is 2.24 bits per heavy atom. The van der Waals surface area contributed by atoms with Crippen LogP contribution in [0.1, 0.15) is 19.3 Å². The van der Waals surface area contributed by atoms with E-state index in [2.05, 4.69) is 38.0 Å². The van der Waals surface area contributed by atoms with Crippen molar-refractivity contribution in [3.8, 4) is 5.88 Å². The van der Waals surface area contributed by atoms with Crippen LogP contribution in [-0.4, -0.2) is 29.4 Å². The van der Waals surface area contributed by atoms with Gasteiger partial charge in [0.15, 0.2) is 0 Å². The lowest BCUT2D eigenvalue weighted by Crippen LogP contribution is -2.24. The van der Waals surface area contributed by atoms with Gasteiger partial charge in [-0.25, -0.2) is 4.98 Å². The molecule has 0 spiro atoms. The Morgan fingerprint density at radius 3 is 2.59 bits per heavy atom. The van der Waals surface area contributed by atoms with Crippen molar-refractivity contribution in [1.82, 2.24) is 4.98 Å². The summed E-state index contributed by atoms with van der Waals surface area (Å²) in [5.41, 5.74) is 0. The van der Waals surface area contributed by atoms with Crippen LogP contribution in [-0.2, 0) is 4.18 Å². The number of hydrogen-bond donors (Lipinski definition) is 2. The van der Waals surface area contributed by atoms with Crippen LogP contribution in [0.4, 0.5) is 0 Å². The number of hydrogen-bond acceptors (Lipinski definition) is 5. The fourth-order valence-electron chi connectivity index (χ4n) is 1.13. The van der Waals surface area contributed by atoms with E-state index in [9.17, 15) is 0 Å². The molecule has 1 N–H and O–H groups in total. The highest BCUT2D eigenvalue weighted by molar-refractivity contribution is 9.10. The van der Waals surface area contributed by atoms with Crippen LogP contribution in [0.25, 0.3) is 0 Å². The molecule has 0 atom stereocenters. The second-order valence-corrected chi connectivity index (χ2v) is 4.72. The summed E-state index contributed by atoms with van der Waals surface area (Å²) in [7, 11) is 0. The summed E-state index contributed by atoms with van der Waals surface area (Å²) in [6.07, 6.45) is 5.82. The molecule has 4 nitrogen and oxygen atoms in total. The molecule has 1 saturated carbocycles. The molecule has 6 heteroatoms. The predicted octanol–water partition coefficient (Wildman–Crippen LogP) is 2.62. The number of halogens is 1. The van der Waals surface area contributed by atoms with Gasteiger partial charge in [0.05, 0.1) is 13.2 Å². The van der Waals surface area contributed by atoms with Crippen LogP contribution in [0.2, 0.25) is 0 Å². The minimum Gasteiger partial charge on any atom is -0.474 e. The summed E-state index contributed by atoms with van der Waals surface area (Å²) in [5.74, 6) is 0.739. The Kier molecular flexibility index (Phi) is 7.59. The Labute approximate surface area is 115 Å². The fraction of sp³-hybridized carbons (Fsp3) is 0.545. The number of pyridine rings is 1. The molecule has 0 unspecified atom stereocenters. The van der Waals surface area contributed by atoms with E-state index in [1.807, 2.05) is 12.1 Å². The van der Waals surface area contributed by atoms with Crippen molar-refractivity contribution < 1.29 is 14.0 Å². The first-order chi connectivity index (χ1) is 8.26. The molecule has 1 aliphatic rings. The monoisotopic (exact) mass is 321 g/mol. The highest BCUT2D eigenvalue weighted by atomic mass is 79.9. The van der Waals surface area contributed by atoms with Gasteiger partial charge in [0, 0.05) is 16.7 Å². The van der Waals surface area contributed by atoms with Gasteiger partial charge in [0.1, 0.15) is 6.10 Å². The largest absolute Gasteiger partial charge is 0.474 e. The second-order valence-electron chi connectivity index (χ2n) is 3.54. The van der Waals surface area contributed by atoms with E-state index in [0.29, 0.717) is 12.7 Å². The molecule has 0 aromatic carbocycles. The molecule has 2 rings (SSSR count). The van der Waals surface area contributed by atoms with Crippen molar-refractivity contribution >= 4 is 28.8 Å². The topological polar surface area (TPSA) is 51.6 Å². The maximum Gasteiger partial charge on any atom is 0.213 e. The molecular weight excluding hydrogens is 306 g/mol. The molecule has 0 amide bonds. The number of ether oxygens (including phenoxy) is 1. The first-order valence-electron chi connectivity index (χ1n) is 5.41. The third-order valence-corrected chi connectivity index (χ3v) is 2.87. The third kappa shape index (κ3) is 6.26. The number of nitrogens with zero attached hydrogens (tertiary/aromatic N) is 1. The highest BCUT2D eigenvalue weighted by Crippen LogP contribution is 2.24. The molecule has 96 valence electrons. The van der Waals surface area contributed by atoms with Gasteiger partial charge in [-0.3, -0.25) is 0 Å². The fourth-order valence-corrected chi connectivity index (χ4v) is 1.45. The van der Waals surface area contributed by atoms with E-state index >= 15 is 0 Å². The van der Waals surface area contributed by atoms with Gasteiger partial charge < -0.3 is 14.0 Å². The van der Waals surface area contributed by atoms with Gasteiger partial charge in [-0.2, -0.15) is 0 Å². The van der Waals surface area contributed by atoms with Gasteiger partial charge in [-0.15, -0.1) is 0 Å². The maximum atomic E-state index is 7.89. The predicted molar refractivity (Wildman–Crippen MR) is 72.2 cm³/mol. The van der Waals surface area contributed by atoms with Crippen molar-refractivity contribution in [2.75, 3.05) is 13.2 Å². The zero-order chi connectivity index (χ0) is 12.5. The van der Waals surface area contributed by atoms with E-state index in [1.165, 1.54) is 19.3 Å². The first-order valence-corrected chi connectivity index (χ1v) is 6.57. The minimum absolute atomic E-state index is 0.0451. The van der Waals surface area contributed by atoms with Gasteiger partial charge in [-0.05, 0) is 54.2 Å². The molecule has 0 bridgehead atoms. The van der Waals surface area contributed by atoms with Crippen LogP contribution in [0.5, 0.6) is 5.88 Å². The summed E-state index contributed by atoms with van der Waals surface area (Å²) in [5, 5.41) is 7.89. The van der Waals surface area contributed by atoms with Crippen molar-refractivity contribution in [2.45, 2.75) is 25.4 Å². The smallest absolute Gasteiger partial charge is 0.213 e. The van der Waals surface area contributed by atoms with E-state index in [0.717, 1.165) is 10.4 Å². The molecule has 1 aliphatic carbocycles. The summed E-state index contributed by atoms with van der Waals surface area (Å²) in [6.45, 7) is 0.354. The Balaban J connectivity index is 0.000000249. The second kappa shape index (κ2) is 8.74. The van der Waals surface area contributed by atoms with Crippen LogP contribution in [0.15, 0.2) is 22.8 Å². The van der Waals surface area contributed by atoms with Crippen LogP contribution in [0, 0.1) is 0 Å². The number of rotatable bonds is 4. The third-order valence-electron chi connectivity index (χ3n) is 2.22. The van der Waals surface area contributed by atoms with Gasteiger partial charge in [0.25, 0.3) is 0 Å². The zero-order valence-corrected chi connectivity index (χ0v) is 11.9. The zero-order valence-electron chi connectivity index (χ0n) is 9.38. The van der Waals surface area contributed by atoms with Crippen LogP contribution >= 0.6 is 28.8 Å². The molecule has 1 heterocycles. The normalized spacial score (nSPS) is 14.5.